The van der Waals surface area contributed by atoms with Gasteiger partial charge < -0.3 is 21.3 Å². The average molecular weight is 549 g/mol. The van der Waals surface area contributed by atoms with E-state index in [9.17, 15) is 9.59 Å². The van der Waals surface area contributed by atoms with E-state index >= 15 is 0 Å². The minimum absolute atomic E-state index is 0.0273. The van der Waals surface area contributed by atoms with Crippen LogP contribution in [0.2, 0.25) is 5.02 Å². The Bertz CT molecular complexity index is 1170. The molecule has 1 aliphatic rings. The molecule has 1 aliphatic heterocycles. The van der Waals surface area contributed by atoms with Crippen molar-refractivity contribution in [3.8, 4) is 0 Å². The summed E-state index contributed by atoms with van der Waals surface area (Å²) in [6, 6.07) is 11.0. The van der Waals surface area contributed by atoms with Crippen molar-refractivity contribution >= 4 is 67.2 Å². The van der Waals surface area contributed by atoms with Gasteiger partial charge in [0.1, 0.15) is 4.88 Å². The first-order chi connectivity index (χ1) is 15.8. The van der Waals surface area contributed by atoms with Crippen molar-refractivity contribution in [3.63, 3.8) is 0 Å². The molecule has 0 saturated carbocycles. The van der Waals surface area contributed by atoms with Crippen LogP contribution in [0.25, 0.3) is 0 Å². The number of carbonyl (C=O) groups excluding carboxylic acids is 2. The van der Waals surface area contributed by atoms with Crippen molar-refractivity contribution in [2.45, 2.75) is 25.8 Å². The number of benzene rings is 2. The zero-order valence-electron chi connectivity index (χ0n) is 17.9. The smallest absolute Gasteiger partial charge is 0.267 e. The van der Waals surface area contributed by atoms with E-state index in [1.165, 1.54) is 17.5 Å². The number of anilines is 3. The number of carbonyl (C=O) groups is 2. The molecule has 2 heterocycles. The number of likely N-dealkylation sites (tertiary alicyclic amines) is 1. The van der Waals surface area contributed by atoms with Gasteiger partial charge in [0.25, 0.3) is 11.8 Å². The van der Waals surface area contributed by atoms with Crippen molar-refractivity contribution in [1.82, 2.24) is 9.88 Å². The van der Waals surface area contributed by atoms with E-state index in [4.69, 9.17) is 17.3 Å². The summed E-state index contributed by atoms with van der Waals surface area (Å²) in [6.45, 7) is 3.20. The SMILES string of the molecule is Cc1cccc(Cl)c1NC(=O)c1cnc(Nc2cc(Br)cc(C(=O)N3CCC(N)CC3)c2)s1. The summed E-state index contributed by atoms with van der Waals surface area (Å²) in [5.74, 6) is -0.314. The van der Waals surface area contributed by atoms with Gasteiger partial charge in [0.05, 0.1) is 16.9 Å². The van der Waals surface area contributed by atoms with E-state index in [1.807, 2.05) is 30.0 Å². The molecule has 172 valence electrons. The van der Waals surface area contributed by atoms with Gasteiger partial charge in [-0.25, -0.2) is 4.98 Å². The highest BCUT2D eigenvalue weighted by atomic mass is 79.9. The second-order valence-electron chi connectivity index (χ2n) is 7.90. The molecule has 0 unspecified atom stereocenters. The normalized spacial score (nSPS) is 14.2. The van der Waals surface area contributed by atoms with Gasteiger partial charge >= 0.3 is 0 Å². The number of hydrogen-bond acceptors (Lipinski definition) is 6. The molecule has 0 spiro atoms. The van der Waals surface area contributed by atoms with Crippen LogP contribution in [0.5, 0.6) is 0 Å². The monoisotopic (exact) mass is 547 g/mol. The molecule has 33 heavy (non-hydrogen) atoms. The van der Waals surface area contributed by atoms with Gasteiger partial charge in [-0.15, -0.1) is 0 Å². The standard InChI is InChI=1S/C23H23BrClN5O2S/c1-13-3-2-4-18(25)20(13)29-21(31)19-12-27-23(33-19)28-17-10-14(9-15(24)11-17)22(32)30-7-5-16(26)6-8-30/h2-4,9-12,16H,5-8,26H2,1H3,(H,27,28)(H,29,31). The van der Waals surface area contributed by atoms with Gasteiger partial charge in [0, 0.05) is 34.9 Å². The number of hydrogen-bond donors (Lipinski definition) is 3. The van der Waals surface area contributed by atoms with E-state index in [-0.39, 0.29) is 17.9 Å². The van der Waals surface area contributed by atoms with Crippen LogP contribution in [-0.4, -0.2) is 40.8 Å². The van der Waals surface area contributed by atoms with Crippen molar-refractivity contribution < 1.29 is 9.59 Å². The summed E-state index contributed by atoms with van der Waals surface area (Å²) in [4.78, 5) is 32.2. The summed E-state index contributed by atoms with van der Waals surface area (Å²) >= 11 is 10.9. The lowest BCUT2D eigenvalue weighted by Gasteiger charge is -2.30. The molecule has 2 aromatic carbocycles. The molecular formula is C23H23BrClN5O2S. The van der Waals surface area contributed by atoms with Crippen molar-refractivity contribution in [1.29, 1.82) is 0 Å². The molecule has 4 rings (SSSR count). The fraction of sp³-hybridized carbons (Fsp3) is 0.261. The van der Waals surface area contributed by atoms with E-state index in [0.717, 1.165) is 22.9 Å². The van der Waals surface area contributed by atoms with Crippen LogP contribution in [0, 0.1) is 6.92 Å². The molecule has 7 nitrogen and oxygen atoms in total. The van der Waals surface area contributed by atoms with Gasteiger partial charge in [0.2, 0.25) is 0 Å². The molecule has 1 aromatic heterocycles. The highest BCUT2D eigenvalue weighted by molar-refractivity contribution is 9.10. The zero-order valence-corrected chi connectivity index (χ0v) is 21.1. The fourth-order valence-electron chi connectivity index (χ4n) is 3.60. The van der Waals surface area contributed by atoms with E-state index in [2.05, 4.69) is 31.5 Å². The first-order valence-corrected chi connectivity index (χ1v) is 12.4. The maximum Gasteiger partial charge on any atom is 0.267 e. The molecular weight excluding hydrogens is 526 g/mol. The van der Waals surface area contributed by atoms with Crippen LogP contribution >= 0.6 is 38.9 Å². The molecule has 4 N–H and O–H groups in total. The summed E-state index contributed by atoms with van der Waals surface area (Å²) in [5, 5.41) is 7.06. The first-order valence-electron chi connectivity index (χ1n) is 10.4. The first kappa shape index (κ1) is 23.7. The number of nitrogens with two attached hydrogens (primary N) is 1. The average Bonchev–Trinajstić information content (AvgIpc) is 3.24. The molecule has 3 aromatic rings. The number of aryl methyl sites for hydroxylation is 1. The van der Waals surface area contributed by atoms with Crippen molar-refractivity contribution in [2.75, 3.05) is 23.7 Å². The fourth-order valence-corrected chi connectivity index (χ4v) is 5.09. The van der Waals surface area contributed by atoms with Gasteiger partial charge in [-0.2, -0.15) is 0 Å². The third-order valence-electron chi connectivity index (χ3n) is 5.41. The van der Waals surface area contributed by atoms with E-state index < -0.39 is 0 Å². The lowest BCUT2D eigenvalue weighted by atomic mass is 10.0. The van der Waals surface area contributed by atoms with Crippen LogP contribution in [0.3, 0.4) is 0 Å². The number of halogens is 2. The molecule has 0 bridgehead atoms. The number of piperidine rings is 1. The molecule has 1 saturated heterocycles. The number of thiazole rings is 1. The number of amides is 2. The molecule has 0 radical (unpaired) electrons. The maximum absolute atomic E-state index is 12.9. The van der Waals surface area contributed by atoms with Crippen molar-refractivity contribution in [3.05, 3.63) is 68.1 Å². The van der Waals surface area contributed by atoms with Gasteiger partial charge in [-0.1, -0.05) is 51.0 Å². The summed E-state index contributed by atoms with van der Waals surface area (Å²) in [5.41, 5.74) is 8.69. The molecule has 0 atom stereocenters. The number of nitrogens with zero attached hydrogens (tertiary/aromatic N) is 2. The highest BCUT2D eigenvalue weighted by Crippen LogP contribution is 2.29. The van der Waals surface area contributed by atoms with E-state index in [0.29, 0.717) is 45.1 Å². The number of para-hydroxylation sites is 1. The molecule has 1 fully saturated rings. The topological polar surface area (TPSA) is 100 Å². The summed E-state index contributed by atoms with van der Waals surface area (Å²) in [6.07, 6.45) is 3.13. The van der Waals surface area contributed by atoms with Crippen molar-refractivity contribution in [2.24, 2.45) is 5.73 Å². The van der Waals surface area contributed by atoms with Gasteiger partial charge in [-0.05, 0) is 49.6 Å². The predicted octanol–water partition coefficient (Wildman–Crippen LogP) is 5.43. The number of rotatable bonds is 5. The molecule has 10 heteroatoms. The maximum atomic E-state index is 12.9. The Balaban J connectivity index is 1.46. The quantitative estimate of drug-likeness (QED) is 0.395. The summed E-state index contributed by atoms with van der Waals surface area (Å²) < 4.78 is 0.772. The van der Waals surface area contributed by atoms with Crippen LogP contribution in [0.15, 0.2) is 47.1 Å². The van der Waals surface area contributed by atoms with E-state index in [1.54, 1.807) is 18.2 Å². The number of aromatic nitrogens is 1. The van der Waals surface area contributed by atoms with Crippen LogP contribution in [0.4, 0.5) is 16.5 Å². The minimum Gasteiger partial charge on any atom is -0.339 e. The Morgan fingerprint density at radius 1 is 1.24 bits per heavy atom. The minimum atomic E-state index is -0.287. The Hall–Kier alpha value is -2.46. The second-order valence-corrected chi connectivity index (χ2v) is 10.3. The Morgan fingerprint density at radius 3 is 2.73 bits per heavy atom. The van der Waals surface area contributed by atoms with Gasteiger partial charge in [-0.3, -0.25) is 9.59 Å². The van der Waals surface area contributed by atoms with Crippen LogP contribution in [-0.2, 0) is 0 Å². The largest absolute Gasteiger partial charge is 0.339 e. The summed E-state index contributed by atoms with van der Waals surface area (Å²) in [7, 11) is 0. The second kappa shape index (κ2) is 10.2. The Labute approximate surface area is 209 Å². The third kappa shape index (κ3) is 5.73. The lowest BCUT2D eigenvalue weighted by Crippen LogP contribution is -2.42. The highest BCUT2D eigenvalue weighted by Gasteiger charge is 2.22. The van der Waals surface area contributed by atoms with Crippen LogP contribution < -0.4 is 16.4 Å². The Kier molecular flexibility index (Phi) is 7.33. The Morgan fingerprint density at radius 2 is 2.00 bits per heavy atom. The van der Waals surface area contributed by atoms with Crippen LogP contribution in [0.1, 0.15) is 38.4 Å². The number of nitrogens with one attached hydrogen (secondary N) is 2. The molecule has 0 aliphatic carbocycles. The lowest BCUT2D eigenvalue weighted by molar-refractivity contribution is 0.0714. The molecule has 2 amide bonds. The predicted molar refractivity (Wildman–Crippen MR) is 137 cm³/mol. The zero-order chi connectivity index (χ0) is 23.5. The third-order valence-corrected chi connectivity index (χ3v) is 7.10. The van der Waals surface area contributed by atoms with Gasteiger partial charge in [0.15, 0.2) is 5.13 Å².